The van der Waals surface area contributed by atoms with E-state index < -0.39 is 17.7 Å². The van der Waals surface area contributed by atoms with E-state index in [1.165, 1.54) is 11.6 Å². The van der Waals surface area contributed by atoms with E-state index in [1.54, 1.807) is 0 Å². The largest absolute Gasteiger partial charge is 0.492 e. The number of nitrogens with one attached hydrogen (secondary N) is 2. The number of hydrogen-bond donors (Lipinski definition) is 2. The zero-order valence-electron chi connectivity index (χ0n) is 13.6. The topological polar surface area (TPSA) is 50.4 Å². The number of benzene rings is 2. The Bertz CT molecular complexity index is 688. The highest BCUT2D eigenvalue weighted by molar-refractivity contribution is 5.89. The molecule has 0 heterocycles. The highest BCUT2D eigenvalue weighted by Gasteiger charge is 2.06. The minimum atomic E-state index is -1.01. The number of rotatable bonds is 6. The van der Waals surface area contributed by atoms with Crippen molar-refractivity contribution in [3.63, 3.8) is 0 Å². The average Bonchev–Trinajstić information content (AvgIpc) is 2.55. The lowest BCUT2D eigenvalue weighted by molar-refractivity contribution is 0.247. The molecule has 0 aliphatic rings. The third kappa shape index (κ3) is 5.22. The normalized spacial score (nSPS) is 10.5. The van der Waals surface area contributed by atoms with Gasteiger partial charge in [-0.3, -0.25) is 0 Å². The molecule has 6 heteroatoms. The van der Waals surface area contributed by atoms with Crippen LogP contribution in [0.3, 0.4) is 0 Å². The highest BCUT2D eigenvalue weighted by Crippen LogP contribution is 2.18. The van der Waals surface area contributed by atoms with E-state index in [9.17, 15) is 13.6 Å². The second kappa shape index (κ2) is 8.29. The Morgan fingerprint density at radius 1 is 1.08 bits per heavy atom. The summed E-state index contributed by atoms with van der Waals surface area (Å²) in [6.45, 7) is 4.81. The lowest BCUT2D eigenvalue weighted by Crippen LogP contribution is -2.32. The Balaban J connectivity index is 1.71. The molecule has 2 N–H and O–H groups in total. The minimum absolute atomic E-state index is 0.177. The summed E-state index contributed by atoms with van der Waals surface area (Å²) in [5, 5.41) is 4.99. The van der Waals surface area contributed by atoms with Gasteiger partial charge in [-0.1, -0.05) is 26.0 Å². The predicted molar refractivity (Wildman–Crippen MR) is 89.4 cm³/mol. The van der Waals surface area contributed by atoms with Crippen molar-refractivity contribution in [2.24, 2.45) is 0 Å². The molecule has 4 nitrogen and oxygen atoms in total. The molecule has 0 fully saturated rings. The molecule has 0 aliphatic heterocycles. The van der Waals surface area contributed by atoms with E-state index in [-0.39, 0.29) is 12.2 Å². The van der Waals surface area contributed by atoms with E-state index in [4.69, 9.17) is 4.74 Å². The van der Waals surface area contributed by atoms with Gasteiger partial charge in [-0.05, 0) is 35.7 Å². The lowest BCUT2D eigenvalue weighted by atomic mass is 10.0. The van der Waals surface area contributed by atoms with Crippen molar-refractivity contribution in [1.82, 2.24) is 5.32 Å². The molecule has 0 unspecified atom stereocenters. The van der Waals surface area contributed by atoms with Crippen molar-refractivity contribution in [2.45, 2.75) is 19.8 Å². The maximum atomic E-state index is 13.0. The fourth-order valence-electron chi connectivity index (χ4n) is 2.03. The minimum Gasteiger partial charge on any atom is -0.492 e. The Morgan fingerprint density at radius 3 is 2.42 bits per heavy atom. The Morgan fingerprint density at radius 2 is 1.79 bits per heavy atom. The summed E-state index contributed by atoms with van der Waals surface area (Å²) in [6.07, 6.45) is 0. The molecule has 0 aliphatic carbocycles. The molecule has 0 radical (unpaired) electrons. The fourth-order valence-corrected chi connectivity index (χ4v) is 2.03. The molecular weight excluding hydrogens is 314 g/mol. The zero-order chi connectivity index (χ0) is 17.5. The molecule has 0 aromatic heterocycles. The van der Waals surface area contributed by atoms with Gasteiger partial charge in [-0.25, -0.2) is 13.6 Å². The van der Waals surface area contributed by atoms with Gasteiger partial charge in [0.2, 0.25) is 0 Å². The Labute approximate surface area is 139 Å². The molecule has 2 aromatic rings. The molecule has 0 saturated heterocycles. The SMILES string of the molecule is CC(C)c1ccc(OCCNC(=O)Nc2ccc(F)c(F)c2)cc1. The smallest absolute Gasteiger partial charge is 0.319 e. The van der Waals surface area contributed by atoms with Gasteiger partial charge in [0.1, 0.15) is 12.4 Å². The number of carbonyl (C=O) groups excluding carboxylic acids is 1. The summed E-state index contributed by atoms with van der Waals surface area (Å²) < 4.78 is 31.4. The second-order valence-corrected chi connectivity index (χ2v) is 5.58. The first-order valence-electron chi connectivity index (χ1n) is 7.68. The number of amides is 2. The number of carbonyl (C=O) groups is 1. The zero-order valence-corrected chi connectivity index (χ0v) is 13.6. The number of anilines is 1. The van der Waals surface area contributed by atoms with Crippen LogP contribution in [0, 0.1) is 11.6 Å². The van der Waals surface area contributed by atoms with Gasteiger partial charge in [0.15, 0.2) is 11.6 Å². The van der Waals surface area contributed by atoms with Crippen LogP contribution in [0.4, 0.5) is 19.3 Å². The third-order valence-electron chi connectivity index (χ3n) is 3.38. The van der Waals surface area contributed by atoms with Crippen LogP contribution < -0.4 is 15.4 Å². The van der Waals surface area contributed by atoms with Gasteiger partial charge in [0.25, 0.3) is 0 Å². The van der Waals surface area contributed by atoms with Crippen LogP contribution in [0.2, 0.25) is 0 Å². The molecule has 2 rings (SSSR count). The molecular formula is C18H20F2N2O2. The number of ether oxygens (including phenoxy) is 1. The van der Waals surface area contributed by atoms with Crippen molar-refractivity contribution in [1.29, 1.82) is 0 Å². The lowest BCUT2D eigenvalue weighted by Gasteiger charge is -2.10. The van der Waals surface area contributed by atoms with E-state index in [2.05, 4.69) is 24.5 Å². The van der Waals surface area contributed by atoms with Gasteiger partial charge in [-0.15, -0.1) is 0 Å². The second-order valence-electron chi connectivity index (χ2n) is 5.58. The molecule has 0 atom stereocenters. The Hall–Kier alpha value is -2.63. The summed E-state index contributed by atoms with van der Waals surface area (Å²) in [7, 11) is 0. The van der Waals surface area contributed by atoms with E-state index >= 15 is 0 Å². The monoisotopic (exact) mass is 334 g/mol. The Kier molecular flexibility index (Phi) is 6.12. The number of halogens is 2. The molecule has 24 heavy (non-hydrogen) atoms. The molecule has 0 spiro atoms. The molecule has 2 aromatic carbocycles. The molecule has 2 amide bonds. The van der Waals surface area contributed by atoms with Crippen LogP contribution in [0.1, 0.15) is 25.3 Å². The molecule has 128 valence electrons. The highest BCUT2D eigenvalue weighted by atomic mass is 19.2. The summed E-state index contributed by atoms with van der Waals surface area (Å²) in [4.78, 5) is 11.6. The molecule has 0 saturated carbocycles. The number of urea groups is 1. The van der Waals surface area contributed by atoms with Gasteiger partial charge >= 0.3 is 6.03 Å². The summed E-state index contributed by atoms with van der Waals surface area (Å²) >= 11 is 0. The maximum Gasteiger partial charge on any atom is 0.319 e. The number of hydrogen-bond acceptors (Lipinski definition) is 2. The van der Waals surface area contributed by atoms with Crippen LogP contribution in [-0.4, -0.2) is 19.2 Å². The van der Waals surface area contributed by atoms with Gasteiger partial charge in [-0.2, -0.15) is 0 Å². The summed E-state index contributed by atoms with van der Waals surface area (Å²) in [5.74, 6) is -0.790. The van der Waals surface area contributed by atoms with E-state index in [0.717, 1.165) is 17.9 Å². The van der Waals surface area contributed by atoms with Crippen molar-refractivity contribution < 1.29 is 18.3 Å². The third-order valence-corrected chi connectivity index (χ3v) is 3.38. The van der Waals surface area contributed by atoms with Crippen molar-refractivity contribution in [3.05, 3.63) is 59.7 Å². The van der Waals surface area contributed by atoms with Crippen LogP contribution >= 0.6 is 0 Å². The van der Waals surface area contributed by atoms with Crippen LogP contribution in [0.5, 0.6) is 5.75 Å². The summed E-state index contributed by atoms with van der Waals surface area (Å²) in [6, 6.07) is 10.4. The van der Waals surface area contributed by atoms with Crippen LogP contribution in [0.25, 0.3) is 0 Å². The van der Waals surface area contributed by atoms with Crippen molar-refractivity contribution >= 4 is 11.7 Å². The summed E-state index contributed by atoms with van der Waals surface area (Å²) in [5.41, 5.74) is 1.41. The fraction of sp³-hybridized carbons (Fsp3) is 0.278. The quantitative estimate of drug-likeness (QED) is 0.774. The standard InChI is InChI=1S/C18H20F2N2O2/c1-12(2)13-3-6-15(7-4-13)24-10-9-21-18(23)22-14-5-8-16(19)17(20)11-14/h3-8,11-12H,9-10H2,1-2H3,(H2,21,22,23). The van der Waals surface area contributed by atoms with Crippen molar-refractivity contribution in [3.8, 4) is 5.75 Å². The van der Waals surface area contributed by atoms with Gasteiger partial charge < -0.3 is 15.4 Å². The van der Waals surface area contributed by atoms with Gasteiger partial charge in [0, 0.05) is 11.8 Å². The van der Waals surface area contributed by atoms with E-state index in [1.807, 2.05) is 24.3 Å². The predicted octanol–water partition coefficient (Wildman–Crippen LogP) is 4.29. The van der Waals surface area contributed by atoms with Crippen molar-refractivity contribution in [2.75, 3.05) is 18.5 Å². The first-order chi connectivity index (χ1) is 11.5. The average molecular weight is 334 g/mol. The van der Waals surface area contributed by atoms with Gasteiger partial charge in [0.05, 0.1) is 6.54 Å². The van der Waals surface area contributed by atoms with Crippen LogP contribution in [0.15, 0.2) is 42.5 Å². The molecule has 0 bridgehead atoms. The first kappa shape index (κ1) is 17.7. The van der Waals surface area contributed by atoms with Crippen LogP contribution in [-0.2, 0) is 0 Å². The first-order valence-corrected chi connectivity index (χ1v) is 7.68. The van der Waals surface area contributed by atoms with E-state index in [0.29, 0.717) is 12.5 Å². The maximum absolute atomic E-state index is 13.0.